The van der Waals surface area contributed by atoms with Crippen molar-refractivity contribution in [3.8, 4) is 39.7 Å². The highest BCUT2D eigenvalue weighted by atomic mass is 19.1. The van der Waals surface area contributed by atoms with Gasteiger partial charge in [0.05, 0.1) is 28.8 Å². The molecule has 0 spiro atoms. The van der Waals surface area contributed by atoms with Crippen LogP contribution < -0.4 is 10.1 Å². The highest BCUT2D eigenvalue weighted by Gasteiger charge is 2.17. The van der Waals surface area contributed by atoms with E-state index in [0.717, 1.165) is 52.0 Å². The smallest absolute Gasteiger partial charge is 0.138 e. The van der Waals surface area contributed by atoms with Crippen LogP contribution in [-0.2, 0) is 0 Å². The minimum absolute atomic E-state index is 0.323. The van der Waals surface area contributed by atoms with E-state index in [2.05, 4.69) is 40.3 Å². The number of rotatable bonds is 11. The number of aromatic nitrogens is 6. The Hall–Kier alpha value is -4.87. The number of H-pyrrole nitrogens is 2. The number of nitrogens with one attached hydrogen (secondary N) is 3. The summed E-state index contributed by atoms with van der Waals surface area (Å²) < 4.78 is 20.6. The average Bonchev–Trinajstić information content (AvgIpc) is 3.60. The van der Waals surface area contributed by atoms with Crippen molar-refractivity contribution in [2.24, 2.45) is 0 Å². The van der Waals surface area contributed by atoms with Gasteiger partial charge < -0.3 is 24.8 Å². The number of anilines is 1. The molecule has 6 aromatic rings. The van der Waals surface area contributed by atoms with E-state index >= 15 is 0 Å². The number of hydrogen-bond acceptors (Lipinski definition) is 8. The molecule has 0 aliphatic heterocycles. The van der Waals surface area contributed by atoms with E-state index in [1.807, 2.05) is 64.6 Å². The van der Waals surface area contributed by atoms with Crippen molar-refractivity contribution in [3.63, 3.8) is 0 Å². The van der Waals surface area contributed by atoms with Gasteiger partial charge in [0.2, 0.25) is 0 Å². The maximum Gasteiger partial charge on any atom is 0.138 e. The molecule has 0 saturated carbocycles. The largest absolute Gasteiger partial charge is 0.491 e. The third kappa shape index (κ3) is 6.32. The zero-order chi connectivity index (χ0) is 29.9. The normalized spacial score (nSPS) is 11.7. The lowest BCUT2D eigenvalue weighted by atomic mass is 10.1. The summed E-state index contributed by atoms with van der Waals surface area (Å²) in [7, 11) is 8.02. The van der Waals surface area contributed by atoms with Crippen molar-refractivity contribution < 1.29 is 9.13 Å². The molecule has 0 unspecified atom stereocenters. The van der Waals surface area contributed by atoms with Crippen molar-refractivity contribution in [1.29, 1.82) is 0 Å². The first-order valence-electron chi connectivity index (χ1n) is 14.1. The number of fused-ring (bicyclic) bond motifs is 2. The maximum absolute atomic E-state index is 14.7. The van der Waals surface area contributed by atoms with Gasteiger partial charge in [-0.05, 0) is 76.7 Å². The standard InChI is InChI=1S/C32H34FN9O/c1-41(2)10-9-35-23-14-20(13-22(33)16-23)30-25-17-29(37-27(25)7-8-36-30)32-31-28(39-40-32)6-5-26(38-31)21-15-24(19-34-18-21)43-12-11-42(3)4/h5-8,13-19,35,37H,9-12H2,1-4H3,(H,39,40). The molecule has 3 N–H and O–H groups in total. The summed E-state index contributed by atoms with van der Waals surface area (Å²) in [5, 5.41) is 11.9. The summed E-state index contributed by atoms with van der Waals surface area (Å²) in [5.74, 6) is 0.369. The molecule has 1 aromatic carbocycles. The Morgan fingerprint density at radius 2 is 1.74 bits per heavy atom. The lowest BCUT2D eigenvalue weighted by molar-refractivity contribution is 0.261. The molecule has 43 heavy (non-hydrogen) atoms. The summed E-state index contributed by atoms with van der Waals surface area (Å²) in [6, 6.07) is 14.7. The van der Waals surface area contributed by atoms with Crippen LogP contribution in [0.4, 0.5) is 10.1 Å². The lowest BCUT2D eigenvalue weighted by Gasteiger charge is -2.12. The Morgan fingerprint density at radius 1 is 0.884 bits per heavy atom. The first kappa shape index (κ1) is 28.3. The quantitative estimate of drug-likeness (QED) is 0.190. The highest BCUT2D eigenvalue weighted by molar-refractivity contribution is 5.99. The van der Waals surface area contributed by atoms with E-state index in [0.29, 0.717) is 41.5 Å². The maximum atomic E-state index is 14.7. The zero-order valence-corrected chi connectivity index (χ0v) is 24.6. The number of nitrogens with zero attached hydrogens (tertiary/aromatic N) is 6. The van der Waals surface area contributed by atoms with Crippen molar-refractivity contribution in [1.82, 2.24) is 39.9 Å². The predicted molar refractivity (Wildman–Crippen MR) is 169 cm³/mol. The molecule has 0 amide bonds. The Morgan fingerprint density at radius 3 is 2.58 bits per heavy atom. The number of benzene rings is 1. The van der Waals surface area contributed by atoms with Crippen LogP contribution in [0.1, 0.15) is 0 Å². The number of ether oxygens (including phenoxy) is 1. The van der Waals surface area contributed by atoms with E-state index < -0.39 is 0 Å². The number of halogens is 1. The van der Waals surface area contributed by atoms with Crippen LogP contribution in [-0.4, -0.2) is 94.4 Å². The molecule has 0 atom stereocenters. The Bertz CT molecular complexity index is 1880. The second-order valence-electron chi connectivity index (χ2n) is 11.0. The van der Waals surface area contributed by atoms with E-state index in [1.165, 1.54) is 12.1 Å². The SMILES string of the molecule is CN(C)CCNc1cc(F)cc(-c2nccc3[nH]c(-c4n[nH]c5ccc(-c6cncc(OCCN(C)C)c6)nc45)cc23)c1. The van der Waals surface area contributed by atoms with Gasteiger partial charge in [0.15, 0.2) is 0 Å². The minimum Gasteiger partial charge on any atom is -0.491 e. The third-order valence-corrected chi connectivity index (χ3v) is 7.09. The molecule has 0 radical (unpaired) electrons. The monoisotopic (exact) mass is 579 g/mol. The van der Waals surface area contributed by atoms with E-state index in [-0.39, 0.29) is 5.82 Å². The van der Waals surface area contributed by atoms with Gasteiger partial charge in [-0.3, -0.25) is 15.1 Å². The Kier molecular flexibility index (Phi) is 7.99. The summed E-state index contributed by atoms with van der Waals surface area (Å²) in [6.07, 6.45) is 5.20. The number of hydrogen-bond donors (Lipinski definition) is 3. The van der Waals surface area contributed by atoms with Gasteiger partial charge in [-0.2, -0.15) is 5.10 Å². The fourth-order valence-corrected chi connectivity index (χ4v) is 4.90. The summed E-state index contributed by atoms with van der Waals surface area (Å²) >= 11 is 0. The fourth-order valence-electron chi connectivity index (χ4n) is 4.90. The molecule has 0 aliphatic carbocycles. The first-order chi connectivity index (χ1) is 20.8. The molecule has 0 bridgehead atoms. The van der Waals surface area contributed by atoms with Crippen LogP contribution in [0.15, 0.2) is 67.1 Å². The van der Waals surface area contributed by atoms with Crippen LogP contribution in [0.2, 0.25) is 0 Å². The fraction of sp³-hybridized carbons (Fsp3) is 0.250. The van der Waals surface area contributed by atoms with Crippen LogP contribution in [0, 0.1) is 5.82 Å². The molecular formula is C32H34FN9O. The summed E-state index contributed by atoms with van der Waals surface area (Å²) in [6.45, 7) is 2.91. The van der Waals surface area contributed by atoms with Crippen LogP contribution in [0.25, 0.3) is 55.8 Å². The molecule has 11 heteroatoms. The van der Waals surface area contributed by atoms with E-state index in [9.17, 15) is 4.39 Å². The number of pyridine rings is 3. The van der Waals surface area contributed by atoms with Gasteiger partial charge in [-0.25, -0.2) is 9.37 Å². The minimum atomic E-state index is -0.323. The number of likely N-dealkylation sites (N-methyl/N-ethyl adjacent to an activating group) is 2. The molecule has 5 heterocycles. The van der Waals surface area contributed by atoms with Crippen LogP contribution in [0.3, 0.4) is 0 Å². The first-order valence-corrected chi connectivity index (χ1v) is 14.1. The molecule has 220 valence electrons. The summed E-state index contributed by atoms with van der Waals surface area (Å²) in [4.78, 5) is 21.5. The van der Waals surface area contributed by atoms with Gasteiger partial charge in [-0.15, -0.1) is 0 Å². The Balaban J connectivity index is 1.33. The average molecular weight is 580 g/mol. The Labute approximate surface area is 248 Å². The molecule has 10 nitrogen and oxygen atoms in total. The number of aromatic amines is 2. The molecule has 6 rings (SSSR count). The van der Waals surface area contributed by atoms with E-state index in [1.54, 1.807) is 18.6 Å². The third-order valence-electron chi connectivity index (χ3n) is 7.09. The summed E-state index contributed by atoms with van der Waals surface area (Å²) in [5.41, 5.74) is 7.53. The zero-order valence-electron chi connectivity index (χ0n) is 24.6. The van der Waals surface area contributed by atoms with Gasteiger partial charge in [0, 0.05) is 59.7 Å². The van der Waals surface area contributed by atoms with Gasteiger partial charge in [-0.1, -0.05) is 0 Å². The molecule has 0 saturated heterocycles. The van der Waals surface area contributed by atoms with Gasteiger partial charge >= 0.3 is 0 Å². The van der Waals surface area contributed by atoms with Crippen molar-refractivity contribution in [2.45, 2.75) is 0 Å². The van der Waals surface area contributed by atoms with Crippen molar-refractivity contribution in [2.75, 3.05) is 59.7 Å². The highest BCUT2D eigenvalue weighted by Crippen LogP contribution is 2.34. The van der Waals surface area contributed by atoms with Crippen LogP contribution in [0.5, 0.6) is 5.75 Å². The molecule has 0 aliphatic rings. The predicted octanol–water partition coefficient (Wildman–Crippen LogP) is 5.28. The van der Waals surface area contributed by atoms with Crippen molar-refractivity contribution in [3.05, 3.63) is 72.9 Å². The second kappa shape index (κ2) is 12.2. The van der Waals surface area contributed by atoms with Crippen LogP contribution >= 0.6 is 0 Å². The molecular weight excluding hydrogens is 545 g/mol. The lowest BCUT2D eigenvalue weighted by Crippen LogP contribution is -2.20. The van der Waals surface area contributed by atoms with E-state index in [4.69, 9.17) is 9.72 Å². The molecule has 5 aromatic heterocycles. The molecule has 0 fully saturated rings. The topological polar surface area (TPSA) is 111 Å². The van der Waals surface area contributed by atoms with Gasteiger partial charge in [0.25, 0.3) is 0 Å². The van der Waals surface area contributed by atoms with Crippen molar-refractivity contribution >= 4 is 27.6 Å². The second-order valence-corrected chi connectivity index (χ2v) is 11.0. The van der Waals surface area contributed by atoms with Gasteiger partial charge in [0.1, 0.15) is 29.4 Å².